The quantitative estimate of drug-likeness (QED) is 0.756. The number of hydrogen-bond donors (Lipinski definition) is 1. The lowest BCUT2D eigenvalue weighted by atomic mass is 9.85. The number of hydrogen-bond acceptors (Lipinski definition) is 7. The lowest BCUT2D eigenvalue weighted by molar-refractivity contribution is -0.192. The van der Waals surface area contributed by atoms with Gasteiger partial charge >= 0.3 is 12.1 Å². The number of piperidine rings is 1. The summed E-state index contributed by atoms with van der Waals surface area (Å²) < 4.78 is 31.7. The molecule has 0 bridgehead atoms. The molecule has 0 aliphatic carbocycles. The molecule has 168 valence electrons. The average Bonchev–Trinajstić information content (AvgIpc) is 3.28. The van der Waals surface area contributed by atoms with Crippen LogP contribution in [-0.4, -0.2) is 61.6 Å². The molecule has 0 radical (unpaired) electrons. The van der Waals surface area contributed by atoms with Gasteiger partial charge in [0.25, 0.3) is 0 Å². The van der Waals surface area contributed by atoms with Crippen LogP contribution in [0.5, 0.6) is 0 Å². The number of likely N-dealkylation sites (tertiary alicyclic amines) is 1. The van der Waals surface area contributed by atoms with E-state index in [0.717, 1.165) is 49.0 Å². The van der Waals surface area contributed by atoms with E-state index in [9.17, 15) is 18.0 Å². The molecule has 2 saturated heterocycles. The van der Waals surface area contributed by atoms with Gasteiger partial charge in [0.15, 0.2) is 0 Å². The molecular formula is C19H22F3N5O3S. The number of carbonyl (C=O) groups excluding carboxylic acids is 1. The number of carboxylic acid groups (broad SMARTS) is 1. The zero-order valence-electron chi connectivity index (χ0n) is 16.8. The van der Waals surface area contributed by atoms with Crippen molar-refractivity contribution in [1.29, 1.82) is 0 Å². The van der Waals surface area contributed by atoms with Crippen molar-refractivity contribution in [2.75, 3.05) is 18.0 Å². The summed E-state index contributed by atoms with van der Waals surface area (Å²) in [6.07, 6.45) is 2.04. The summed E-state index contributed by atoms with van der Waals surface area (Å²) in [7, 11) is 0. The number of aryl methyl sites for hydroxylation is 1. The first-order valence-corrected chi connectivity index (χ1v) is 10.5. The van der Waals surface area contributed by atoms with Crippen LogP contribution < -0.4 is 4.90 Å². The Morgan fingerprint density at radius 1 is 1.23 bits per heavy atom. The summed E-state index contributed by atoms with van der Waals surface area (Å²) in [5, 5.41) is 10.3. The van der Waals surface area contributed by atoms with Crippen molar-refractivity contribution in [3.63, 3.8) is 0 Å². The van der Waals surface area contributed by atoms with E-state index in [0.29, 0.717) is 13.0 Å². The number of anilines is 1. The molecule has 2 fully saturated rings. The Kier molecular flexibility index (Phi) is 6.77. The molecule has 8 nitrogen and oxygen atoms in total. The molecule has 0 saturated carbocycles. The van der Waals surface area contributed by atoms with E-state index in [-0.39, 0.29) is 11.4 Å². The van der Waals surface area contributed by atoms with Crippen LogP contribution in [0.15, 0.2) is 23.8 Å². The summed E-state index contributed by atoms with van der Waals surface area (Å²) in [4.78, 5) is 38.9. The van der Waals surface area contributed by atoms with Crippen molar-refractivity contribution in [2.24, 2.45) is 0 Å². The second kappa shape index (κ2) is 9.16. The van der Waals surface area contributed by atoms with Crippen LogP contribution in [0.25, 0.3) is 0 Å². The minimum Gasteiger partial charge on any atom is -0.475 e. The Morgan fingerprint density at radius 3 is 2.35 bits per heavy atom. The summed E-state index contributed by atoms with van der Waals surface area (Å²) in [6.45, 7) is 4.44. The van der Waals surface area contributed by atoms with Crippen molar-refractivity contribution in [3.8, 4) is 0 Å². The normalized spacial score (nSPS) is 18.1. The molecule has 0 aromatic carbocycles. The van der Waals surface area contributed by atoms with Gasteiger partial charge < -0.3 is 14.9 Å². The summed E-state index contributed by atoms with van der Waals surface area (Å²) in [5.41, 5.74) is 1.00. The van der Waals surface area contributed by atoms with Crippen LogP contribution in [0.1, 0.15) is 36.4 Å². The molecule has 1 amide bonds. The molecule has 2 aromatic rings. The van der Waals surface area contributed by atoms with Gasteiger partial charge in [-0.2, -0.15) is 13.2 Å². The maximum atomic E-state index is 12.5. The fourth-order valence-electron chi connectivity index (χ4n) is 3.87. The predicted molar refractivity (Wildman–Crippen MR) is 107 cm³/mol. The molecule has 1 spiro atoms. The Hall–Kier alpha value is -2.76. The number of alkyl halides is 3. The highest BCUT2D eigenvalue weighted by Crippen LogP contribution is 2.40. The third-order valence-corrected chi connectivity index (χ3v) is 6.26. The molecule has 12 heteroatoms. The Balaban J connectivity index is 0.000000339. The number of halogens is 3. The van der Waals surface area contributed by atoms with Gasteiger partial charge in [0.2, 0.25) is 11.9 Å². The van der Waals surface area contributed by atoms with Crippen LogP contribution >= 0.6 is 11.3 Å². The zero-order valence-corrected chi connectivity index (χ0v) is 17.6. The van der Waals surface area contributed by atoms with Crippen molar-refractivity contribution >= 4 is 29.2 Å². The molecule has 2 aliphatic heterocycles. The molecule has 4 heterocycles. The third kappa shape index (κ3) is 5.49. The van der Waals surface area contributed by atoms with E-state index in [1.165, 1.54) is 0 Å². The van der Waals surface area contributed by atoms with E-state index >= 15 is 0 Å². The first-order chi connectivity index (χ1) is 14.6. The van der Waals surface area contributed by atoms with Crippen LogP contribution in [0.2, 0.25) is 0 Å². The largest absolute Gasteiger partial charge is 0.490 e. The number of nitrogens with zero attached hydrogens (tertiary/aromatic N) is 5. The van der Waals surface area contributed by atoms with Crippen molar-refractivity contribution < 1.29 is 27.9 Å². The molecule has 2 aliphatic rings. The summed E-state index contributed by atoms with van der Waals surface area (Å²) in [6, 6.07) is 1.84. The highest BCUT2D eigenvalue weighted by Gasteiger charge is 2.47. The minimum absolute atomic E-state index is 0.0140. The first kappa shape index (κ1) is 22.9. The van der Waals surface area contributed by atoms with Crippen LogP contribution in [-0.2, 0) is 16.1 Å². The van der Waals surface area contributed by atoms with Gasteiger partial charge in [0.1, 0.15) is 0 Å². The van der Waals surface area contributed by atoms with Gasteiger partial charge in [-0.05, 0) is 32.3 Å². The Labute approximate surface area is 180 Å². The predicted octanol–water partition coefficient (Wildman–Crippen LogP) is 3.04. The number of rotatable bonds is 3. The van der Waals surface area contributed by atoms with E-state index < -0.39 is 12.1 Å². The lowest BCUT2D eigenvalue weighted by Gasteiger charge is -2.44. The average molecular weight is 457 g/mol. The molecule has 31 heavy (non-hydrogen) atoms. The fraction of sp³-hybridized carbons (Fsp3) is 0.526. The van der Waals surface area contributed by atoms with Gasteiger partial charge in [-0.15, -0.1) is 11.3 Å². The molecule has 4 rings (SSSR count). The SMILES string of the molecule is Cc1nc(CN2C(=O)CCC23CCN(c2ncccn2)CC3)cs1.O=C(O)C(F)(F)F. The van der Waals surface area contributed by atoms with Crippen LogP contribution in [0.4, 0.5) is 19.1 Å². The molecule has 0 atom stereocenters. The first-order valence-electron chi connectivity index (χ1n) is 9.64. The Bertz CT molecular complexity index is 914. The van der Waals surface area contributed by atoms with Gasteiger partial charge in [0, 0.05) is 42.8 Å². The van der Waals surface area contributed by atoms with Gasteiger partial charge in [-0.1, -0.05) is 0 Å². The summed E-state index contributed by atoms with van der Waals surface area (Å²) >= 11 is 1.65. The highest BCUT2D eigenvalue weighted by molar-refractivity contribution is 7.09. The number of carboxylic acids is 1. The zero-order chi connectivity index (χ0) is 22.6. The summed E-state index contributed by atoms with van der Waals surface area (Å²) in [5.74, 6) is -1.70. The van der Waals surface area contributed by atoms with E-state index in [1.807, 2.05) is 13.0 Å². The maximum absolute atomic E-state index is 12.5. The van der Waals surface area contributed by atoms with Crippen molar-refractivity contribution in [3.05, 3.63) is 34.5 Å². The van der Waals surface area contributed by atoms with Crippen molar-refractivity contribution in [2.45, 2.75) is 50.9 Å². The van der Waals surface area contributed by atoms with Gasteiger partial charge in [0.05, 0.1) is 17.2 Å². The molecule has 1 N–H and O–H groups in total. The maximum Gasteiger partial charge on any atom is 0.490 e. The molecule has 0 unspecified atom stereocenters. The lowest BCUT2D eigenvalue weighted by Crippen LogP contribution is -2.53. The third-order valence-electron chi connectivity index (χ3n) is 5.44. The number of carbonyl (C=O) groups is 2. The minimum atomic E-state index is -5.08. The monoisotopic (exact) mass is 457 g/mol. The highest BCUT2D eigenvalue weighted by atomic mass is 32.1. The van der Waals surface area contributed by atoms with Crippen LogP contribution in [0, 0.1) is 6.92 Å². The van der Waals surface area contributed by atoms with E-state index in [4.69, 9.17) is 9.90 Å². The topological polar surface area (TPSA) is 99.5 Å². The number of thiazole rings is 1. The van der Waals surface area contributed by atoms with Gasteiger partial charge in [-0.25, -0.2) is 19.7 Å². The molecular weight excluding hydrogens is 435 g/mol. The van der Waals surface area contributed by atoms with Gasteiger partial charge in [-0.3, -0.25) is 4.79 Å². The number of aromatic nitrogens is 3. The second-order valence-corrected chi connectivity index (χ2v) is 8.46. The fourth-order valence-corrected chi connectivity index (χ4v) is 4.47. The standard InChI is InChI=1S/C17H21N5OS.C2HF3O2/c1-13-20-14(12-24-13)11-22-15(23)3-4-17(22)5-9-21(10-6-17)16-18-7-2-8-19-16;3-2(4,5)1(6)7/h2,7-8,12H,3-6,9-11H2,1H3;(H,6,7). The number of amides is 1. The second-order valence-electron chi connectivity index (χ2n) is 7.40. The Morgan fingerprint density at radius 2 is 1.84 bits per heavy atom. The smallest absolute Gasteiger partial charge is 0.475 e. The van der Waals surface area contributed by atoms with Crippen molar-refractivity contribution in [1.82, 2.24) is 19.9 Å². The molecule has 2 aromatic heterocycles. The number of aliphatic carboxylic acids is 1. The van der Waals surface area contributed by atoms with E-state index in [2.05, 4.69) is 30.1 Å². The van der Waals surface area contributed by atoms with E-state index in [1.54, 1.807) is 23.7 Å². The van der Waals surface area contributed by atoms with Crippen LogP contribution in [0.3, 0.4) is 0 Å².